The summed E-state index contributed by atoms with van der Waals surface area (Å²) in [5.41, 5.74) is 1.16. The van der Waals surface area contributed by atoms with Crippen molar-refractivity contribution in [1.29, 1.82) is 0 Å². The third kappa shape index (κ3) is 10.3. The second-order valence-electron chi connectivity index (χ2n) is 5.95. The monoisotopic (exact) mass is 467 g/mol. The summed E-state index contributed by atoms with van der Waals surface area (Å²) in [5.74, 6) is 0.851. The Balaban J connectivity index is 0.00000529. The number of pyridine rings is 1. The highest BCUT2D eigenvalue weighted by molar-refractivity contribution is 14.0. The van der Waals surface area contributed by atoms with Crippen LogP contribution in [0.2, 0.25) is 5.15 Å². The summed E-state index contributed by atoms with van der Waals surface area (Å²) in [7, 11) is 3.97. The first kappa shape index (κ1) is 23.4. The number of nitrogens with zero attached hydrogens (tertiary/aromatic N) is 3. The van der Waals surface area contributed by atoms with Gasteiger partial charge in [-0.1, -0.05) is 17.7 Å². The normalized spacial score (nSPS) is 11.5. The molecule has 0 saturated heterocycles. The quantitative estimate of drug-likeness (QED) is 0.193. The maximum absolute atomic E-state index is 5.78. The molecule has 0 atom stereocenters. The summed E-state index contributed by atoms with van der Waals surface area (Å²) >= 11 is 5.78. The summed E-state index contributed by atoms with van der Waals surface area (Å²) in [6.45, 7) is 7.34. The predicted molar refractivity (Wildman–Crippen MR) is 115 cm³/mol. The Labute approximate surface area is 168 Å². The lowest BCUT2D eigenvalue weighted by Crippen LogP contribution is -2.39. The number of aliphatic imine (C=N–C) groups is 1. The highest BCUT2D eigenvalue weighted by atomic mass is 127. The van der Waals surface area contributed by atoms with Crippen LogP contribution in [-0.2, 0) is 6.42 Å². The Morgan fingerprint density at radius 2 is 1.96 bits per heavy atom. The predicted octanol–water partition coefficient (Wildman–Crippen LogP) is 3.18. The van der Waals surface area contributed by atoms with Gasteiger partial charge in [-0.05, 0) is 58.3 Å². The van der Waals surface area contributed by atoms with Crippen LogP contribution in [0.1, 0.15) is 32.3 Å². The van der Waals surface area contributed by atoms with E-state index in [0.717, 1.165) is 44.0 Å². The molecule has 0 radical (unpaired) electrons. The molecule has 0 aliphatic rings. The van der Waals surface area contributed by atoms with Gasteiger partial charge in [-0.2, -0.15) is 0 Å². The molecule has 1 rings (SSSR count). The van der Waals surface area contributed by atoms with E-state index < -0.39 is 0 Å². The number of aromatic nitrogens is 1. The molecule has 138 valence electrons. The topological polar surface area (TPSA) is 52.6 Å². The first-order chi connectivity index (χ1) is 11.0. The second kappa shape index (κ2) is 13.7. The van der Waals surface area contributed by atoms with Crippen molar-refractivity contribution in [3.63, 3.8) is 0 Å². The highest BCUT2D eigenvalue weighted by Crippen LogP contribution is 2.05. The van der Waals surface area contributed by atoms with Crippen molar-refractivity contribution in [1.82, 2.24) is 20.5 Å². The lowest BCUT2D eigenvalue weighted by atomic mass is 10.2. The van der Waals surface area contributed by atoms with Gasteiger partial charge < -0.3 is 15.5 Å². The standard InChI is InChI=1S/C17H30ClN5.HI/c1-14(2)23(4)12-6-5-10-20-17(19-3)21-11-9-15-7-8-16(18)22-13-15;/h7-8,13-14H,5-6,9-12H2,1-4H3,(H2,19,20,21);1H. The molecule has 7 heteroatoms. The van der Waals surface area contributed by atoms with Crippen molar-refractivity contribution in [2.24, 2.45) is 4.99 Å². The third-order valence-electron chi connectivity index (χ3n) is 3.83. The van der Waals surface area contributed by atoms with Crippen LogP contribution >= 0.6 is 35.6 Å². The average molecular weight is 468 g/mol. The third-order valence-corrected chi connectivity index (χ3v) is 4.05. The molecule has 0 spiro atoms. The van der Waals surface area contributed by atoms with Crippen LogP contribution in [0.4, 0.5) is 0 Å². The molecule has 0 aliphatic carbocycles. The van der Waals surface area contributed by atoms with E-state index in [1.165, 1.54) is 6.42 Å². The van der Waals surface area contributed by atoms with E-state index in [4.69, 9.17) is 11.6 Å². The smallest absolute Gasteiger partial charge is 0.190 e. The Kier molecular flexibility index (Phi) is 13.3. The molecule has 0 amide bonds. The molecular weight excluding hydrogens is 437 g/mol. The van der Waals surface area contributed by atoms with Crippen LogP contribution in [0.15, 0.2) is 23.3 Å². The molecule has 0 bridgehead atoms. The van der Waals surface area contributed by atoms with Crippen LogP contribution < -0.4 is 10.6 Å². The molecule has 5 nitrogen and oxygen atoms in total. The highest BCUT2D eigenvalue weighted by Gasteiger charge is 2.02. The molecule has 1 heterocycles. The van der Waals surface area contributed by atoms with E-state index in [2.05, 4.69) is 46.4 Å². The molecule has 0 unspecified atom stereocenters. The van der Waals surface area contributed by atoms with Crippen molar-refractivity contribution < 1.29 is 0 Å². The van der Waals surface area contributed by atoms with E-state index in [9.17, 15) is 0 Å². The molecule has 1 aromatic rings. The summed E-state index contributed by atoms with van der Waals surface area (Å²) in [6, 6.07) is 4.43. The van der Waals surface area contributed by atoms with Gasteiger partial charge in [-0.15, -0.1) is 24.0 Å². The molecule has 0 aliphatic heterocycles. The van der Waals surface area contributed by atoms with Gasteiger partial charge >= 0.3 is 0 Å². The molecule has 0 fully saturated rings. The number of nitrogens with one attached hydrogen (secondary N) is 2. The maximum atomic E-state index is 5.78. The summed E-state index contributed by atoms with van der Waals surface area (Å²) < 4.78 is 0. The lowest BCUT2D eigenvalue weighted by Gasteiger charge is -2.20. The largest absolute Gasteiger partial charge is 0.356 e. The minimum atomic E-state index is 0. The van der Waals surface area contributed by atoms with Crippen molar-refractivity contribution in [3.8, 4) is 0 Å². The molecule has 0 aromatic carbocycles. The van der Waals surface area contributed by atoms with E-state index >= 15 is 0 Å². The molecule has 0 saturated carbocycles. The SMILES string of the molecule is CN=C(NCCCCN(C)C(C)C)NCCc1ccc(Cl)nc1.I. The summed E-state index contributed by atoms with van der Waals surface area (Å²) in [6.07, 6.45) is 5.03. The van der Waals surface area contributed by atoms with Crippen LogP contribution in [0.3, 0.4) is 0 Å². The fourth-order valence-corrected chi connectivity index (χ4v) is 2.16. The number of halogens is 2. The van der Waals surface area contributed by atoms with Gasteiger partial charge in [0, 0.05) is 32.4 Å². The van der Waals surface area contributed by atoms with Crippen LogP contribution in [0, 0.1) is 0 Å². The zero-order valence-electron chi connectivity index (χ0n) is 15.2. The van der Waals surface area contributed by atoms with Crippen LogP contribution in [0.5, 0.6) is 0 Å². The summed E-state index contributed by atoms with van der Waals surface area (Å²) in [5, 5.41) is 7.20. The Morgan fingerprint density at radius 1 is 1.25 bits per heavy atom. The van der Waals surface area contributed by atoms with E-state index in [1.807, 2.05) is 18.3 Å². The Hall–Kier alpha value is -0.600. The maximum Gasteiger partial charge on any atom is 0.190 e. The van der Waals surface area contributed by atoms with Crippen LogP contribution in [0.25, 0.3) is 0 Å². The number of guanidine groups is 1. The van der Waals surface area contributed by atoms with Gasteiger partial charge in [0.1, 0.15) is 5.15 Å². The first-order valence-corrected chi connectivity index (χ1v) is 8.66. The van der Waals surface area contributed by atoms with Crippen molar-refractivity contribution >= 4 is 41.5 Å². The van der Waals surface area contributed by atoms with Crippen LogP contribution in [-0.4, -0.2) is 55.6 Å². The van der Waals surface area contributed by atoms with Crippen molar-refractivity contribution in [3.05, 3.63) is 29.0 Å². The lowest BCUT2D eigenvalue weighted by molar-refractivity contribution is 0.268. The number of hydrogen-bond acceptors (Lipinski definition) is 3. The number of unbranched alkanes of at least 4 members (excludes halogenated alkanes) is 1. The Bertz CT molecular complexity index is 465. The molecule has 1 aromatic heterocycles. The minimum absolute atomic E-state index is 0. The van der Waals surface area contributed by atoms with Crippen molar-refractivity contribution in [2.75, 3.05) is 33.7 Å². The van der Waals surface area contributed by atoms with E-state index in [1.54, 1.807) is 7.05 Å². The van der Waals surface area contributed by atoms with Gasteiger partial charge in [0.05, 0.1) is 0 Å². The number of rotatable bonds is 9. The molecular formula is C17H31ClIN5. The zero-order chi connectivity index (χ0) is 17.1. The fourth-order valence-electron chi connectivity index (χ4n) is 2.05. The van der Waals surface area contributed by atoms with Crippen molar-refractivity contribution in [2.45, 2.75) is 39.2 Å². The molecule has 24 heavy (non-hydrogen) atoms. The van der Waals surface area contributed by atoms with Gasteiger partial charge in [0.2, 0.25) is 0 Å². The van der Waals surface area contributed by atoms with Gasteiger partial charge in [-0.25, -0.2) is 4.98 Å². The number of hydrogen-bond donors (Lipinski definition) is 2. The average Bonchev–Trinajstić information content (AvgIpc) is 2.54. The molecule has 2 N–H and O–H groups in total. The van der Waals surface area contributed by atoms with Gasteiger partial charge in [0.25, 0.3) is 0 Å². The zero-order valence-corrected chi connectivity index (χ0v) is 18.3. The van der Waals surface area contributed by atoms with Gasteiger partial charge in [0.15, 0.2) is 5.96 Å². The fraction of sp³-hybridized carbons (Fsp3) is 0.647. The Morgan fingerprint density at radius 3 is 2.54 bits per heavy atom. The van der Waals surface area contributed by atoms with Gasteiger partial charge in [-0.3, -0.25) is 4.99 Å². The summed E-state index contributed by atoms with van der Waals surface area (Å²) in [4.78, 5) is 10.7. The first-order valence-electron chi connectivity index (χ1n) is 8.28. The van der Waals surface area contributed by atoms with E-state index in [-0.39, 0.29) is 24.0 Å². The van der Waals surface area contributed by atoms with E-state index in [0.29, 0.717) is 11.2 Å². The minimum Gasteiger partial charge on any atom is -0.356 e. The second-order valence-corrected chi connectivity index (χ2v) is 6.33.